The molecule has 0 saturated carbocycles. The summed E-state index contributed by atoms with van der Waals surface area (Å²) in [5, 5.41) is 3.92. The van der Waals surface area contributed by atoms with Gasteiger partial charge in [-0.05, 0) is 32.3 Å². The van der Waals surface area contributed by atoms with Gasteiger partial charge in [0.25, 0.3) is 5.89 Å². The summed E-state index contributed by atoms with van der Waals surface area (Å²) < 4.78 is 6.20. The molecule has 2 aromatic rings. The van der Waals surface area contributed by atoms with Crippen LogP contribution in [-0.2, 0) is 0 Å². The van der Waals surface area contributed by atoms with Gasteiger partial charge in [-0.3, -0.25) is 0 Å². The van der Waals surface area contributed by atoms with Gasteiger partial charge in [0.15, 0.2) is 5.82 Å². The zero-order valence-electron chi connectivity index (χ0n) is 10.3. The fraction of sp³-hybridized carbons (Fsp3) is 0.333. The van der Waals surface area contributed by atoms with Crippen molar-refractivity contribution in [2.75, 3.05) is 20.6 Å². The zero-order chi connectivity index (χ0) is 13.1. The molecule has 96 valence electrons. The van der Waals surface area contributed by atoms with Crippen molar-refractivity contribution in [3.63, 3.8) is 0 Å². The van der Waals surface area contributed by atoms with E-state index in [0.717, 1.165) is 10.0 Å². The molecule has 0 fully saturated rings. The highest BCUT2D eigenvalue weighted by Crippen LogP contribution is 2.22. The minimum absolute atomic E-state index is 0.246. The molecule has 1 atom stereocenters. The molecule has 5 nitrogen and oxygen atoms in total. The number of hydrogen-bond acceptors (Lipinski definition) is 5. The Morgan fingerprint density at radius 2 is 2.22 bits per heavy atom. The molecule has 0 bridgehead atoms. The van der Waals surface area contributed by atoms with Gasteiger partial charge in [0.1, 0.15) is 0 Å². The number of aromatic nitrogens is 2. The summed E-state index contributed by atoms with van der Waals surface area (Å²) in [7, 11) is 3.91. The van der Waals surface area contributed by atoms with Crippen LogP contribution in [0.1, 0.15) is 11.9 Å². The summed E-state index contributed by atoms with van der Waals surface area (Å²) in [6.45, 7) is 0.678. The van der Waals surface area contributed by atoms with Crippen molar-refractivity contribution in [2.45, 2.75) is 6.04 Å². The lowest BCUT2D eigenvalue weighted by atomic mass is 10.2. The minimum Gasteiger partial charge on any atom is -0.334 e. The molecular formula is C12H15BrN4O. The predicted octanol–water partition coefficient (Wildman–Crippen LogP) is 2.06. The molecule has 1 unspecified atom stereocenters. The number of nitrogens with zero attached hydrogens (tertiary/aromatic N) is 3. The van der Waals surface area contributed by atoms with Crippen LogP contribution >= 0.6 is 15.9 Å². The van der Waals surface area contributed by atoms with Gasteiger partial charge < -0.3 is 15.2 Å². The number of rotatable bonds is 4. The molecule has 0 aliphatic heterocycles. The van der Waals surface area contributed by atoms with Crippen molar-refractivity contribution in [2.24, 2.45) is 5.73 Å². The summed E-state index contributed by atoms with van der Waals surface area (Å²) in [5.41, 5.74) is 6.86. The Morgan fingerprint density at radius 3 is 2.89 bits per heavy atom. The van der Waals surface area contributed by atoms with Crippen LogP contribution in [0.25, 0.3) is 11.5 Å². The maximum Gasteiger partial charge on any atom is 0.258 e. The summed E-state index contributed by atoms with van der Waals surface area (Å²) in [6.07, 6.45) is 0. The highest BCUT2D eigenvalue weighted by molar-refractivity contribution is 9.10. The van der Waals surface area contributed by atoms with Crippen molar-refractivity contribution in [3.8, 4) is 11.5 Å². The van der Waals surface area contributed by atoms with Gasteiger partial charge in [0.05, 0.1) is 6.04 Å². The molecule has 1 aromatic carbocycles. The molecule has 6 heteroatoms. The monoisotopic (exact) mass is 310 g/mol. The van der Waals surface area contributed by atoms with Crippen LogP contribution in [0, 0.1) is 0 Å². The van der Waals surface area contributed by atoms with Crippen LogP contribution in [0.2, 0.25) is 0 Å². The Hall–Kier alpha value is -1.24. The molecule has 0 amide bonds. The summed E-state index contributed by atoms with van der Waals surface area (Å²) in [4.78, 5) is 6.31. The van der Waals surface area contributed by atoms with Gasteiger partial charge >= 0.3 is 0 Å². The second-order valence-electron chi connectivity index (χ2n) is 4.34. The second-order valence-corrected chi connectivity index (χ2v) is 5.25. The molecule has 0 saturated heterocycles. The number of benzene rings is 1. The van der Waals surface area contributed by atoms with Crippen molar-refractivity contribution in [1.82, 2.24) is 15.0 Å². The third-order valence-electron chi connectivity index (χ3n) is 2.41. The molecule has 0 radical (unpaired) electrons. The Labute approximate surface area is 114 Å². The lowest BCUT2D eigenvalue weighted by Crippen LogP contribution is -2.26. The molecule has 0 spiro atoms. The lowest BCUT2D eigenvalue weighted by molar-refractivity contribution is 0.357. The van der Waals surface area contributed by atoms with E-state index in [-0.39, 0.29) is 6.04 Å². The number of nitrogens with two attached hydrogens (primary N) is 1. The van der Waals surface area contributed by atoms with Crippen LogP contribution in [-0.4, -0.2) is 35.7 Å². The SMILES string of the molecule is CN(C)CC(N)c1noc(-c2cccc(Br)c2)n1. The minimum atomic E-state index is -0.246. The van der Waals surface area contributed by atoms with Gasteiger partial charge in [-0.2, -0.15) is 4.98 Å². The molecular weight excluding hydrogens is 296 g/mol. The first kappa shape index (κ1) is 13.2. The van der Waals surface area contributed by atoms with Crippen molar-refractivity contribution >= 4 is 15.9 Å². The fourth-order valence-corrected chi connectivity index (χ4v) is 2.00. The Kier molecular flexibility index (Phi) is 4.11. The first-order valence-corrected chi connectivity index (χ1v) is 6.35. The van der Waals surface area contributed by atoms with Crippen molar-refractivity contribution in [1.29, 1.82) is 0 Å². The highest BCUT2D eigenvalue weighted by atomic mass is 79.9. The Balaban J connectivity index is 2.20. The van der Waals surface area contributed by atoms with E-state index in [1.165, 1.54) is 0 Å². The maximum absolute atomic E-state index is 5.98. The molecule has 1 aromatic heterocycles. The lowest BCUT2D eigenvalue weighted by Gasteiger charge is -2.12. The van der Waals surface area contributed by atoms with E-state index in [0.29, 0.717) is 18.3 Å². The van der Waals surface area contributed by atoms with Gasteiger partial charge in [-0.15, -0.1) is 0 Å². The molecule has 1 heterocycles. The maximum atomic E-state index is 5.98. The second kappa shape index (κ2) is 5.60. The predicted molar refractivity (Wildman–Crippen MR) is 72.9 cm³/mol. The largest absolute Gasteiger partial charge is 0.334 e. The first-order valence-electron chi connectivity index (χ1n) is 5.56. The van der Waals surface area contributed by atoms with Crippen LogP contribution in [0.15, 0.2) is 33.3 Å². The van der Waals surface area contributed by atoms with Crippen LogP contribution < -0.4 is 5.73 Å². The van der Waals surface area contributed by atoms with E-state index in [1.54, 1.807) is 0 Å². The smallest absolute Gasteiger partial charge is 0.258 e. The van der Waals surface area contributed by atoms with E-state index in [9.17, 15) is 0 Å². The standard InChI is InChI=1S/C12H15BrN4O/c1-17(2)7-10(14)11-15-12(18-16-11)8-4-3-5-9(13)6-8/h3-6,10H,7,14H2,1-2H3. The van der Waals surface area contributed by atoms with Gasteiger partial charge in [0.2, 0.25) is 0 Å². The first-order chi connectivity index (χ1) is 8.56. The van der Waals surface area contributed by atoms with Crippen molar-refractivity contribution in [3.05, 3.63) is 34.6 Å². The summed E-state index contributed by atoms with van der Waals surface area (Å²) >= 11 is 3.41. The number of hydrogen-bond donors (Lipinski definition) is 1. The van der Waals surface area contributed by atoms with E-state index in [1.807, 2.05) is 43.3 Å². The zero-order valence-corrected chi connectivity index (χ0v) is 11.9. The van der Waals surface area contributed by atoms with Gasteiger partial charge in [0, 0.05) is 16.6 Å². The molecule has 2 N–H and O–H groups in total. The Morgan fingerprint density at radius 1 is 1.44 bits per heavy atom. The van der Waals surface area contributed by atoms with E-state index in [2.05, 4.69) is 26.1 Å². The van der Waals surface area contributed by atoms with Crippen LogP contribution in [0.3, 0.4) is 0 Å². The normalized spacial score (nSPS) is 12.9. The average molecular weight is 311 g/mol. The number of likely N-dealkylation sites (N-methyl/N-ethyl adjacent to an activating group) is 1. The van der Waals surface area contributed by atoms with Gasteiger partial charge in [-0.1, -0.05) is 27.2 Å². The van der Waals surface area contributed by atoms with E-state index in [4.69, 9.17) is 10.3 Å². The van der Waals surface area contributed by atoms with E-state index < -0.39 is 0 Å². The summed E-state index contributed by atoms with van der Waals surface area (Å²) in [5.74, 6) is 1.01. The molecule has 0 aliphatic rings. The molecule has 2 rings (SSSR count). The van der Waals surface area contributed by atoms with Gasteiger partial charge in [-0.25, -0.2) is 0 Å². The fourth-order valence-electron chi connectivity index (χ4n) is 1.60. The quantitative estimate of drug-likeness (QED) is 0.936. The topological polar surface area (TPSA) is 68.2 Å². The highest BCUT2D eigenvalue weighted by Gasteiger charge is 2.15. The molecule has 18 heavy (non-hydrogen) atoms. The third kappa shape index (κ3) is 3.16. The Bertz CT molecular complexity index is 526. The molecule has 0 aliphatic carbocycles. The summed E-state index contributed by atoms with van der Waals surface area (Å²) in [6, 6.07) is 7.46. The van der Waals surface area contributed by atoms with E-state index >= 15 is 0 Å². The van der Waals surface area contributed by atoms with Crippen LogP contribution in [0.4, 0.5) is 0 Å². The van der Waals surface area contributed by atoms with Crippen LogP contribution in [0.5, 0.6) is 0 Å². The third-order valence-corrected chi connectivity index (χ3v) is 2.90. The number of halogens is 1. The average Bonchev–Trinajstić information content (AvgIpc) is 2.77. The van der Waals surface area contributed by atoms with Crippen molar-refractivity contribution < 1.29 is 4.52 Å².